The molecule has 1 amide bonds. The lowest BCUT2D eigenvalue weighted by molar-refractivity contribution is -0.146. The lowest BCUT2D eigenvalue weighted by atomic mass is 10.2. The molecule has 1 heterocycles. The molecule has 0 spiro atoms. The van der Waals surface area contributed by atoms with Crippen LogP contribution < -0.4 is 5.32 Å². The highest BCUT2D eigenvalue weighted by molar-refractivity contribution is 5.99. The van der Waals surface area contributed by atoms with Crippen LogP contribution in [0.3, 0.4) is 0 Å². The Balaban J connectivity index is 2.17. The average molecular weight is 347 g/mol. The van der Waals surface area contributed by atoms with E-state index in [0.717, 1.165) is 0 Å². The van der Waals surface area contributed by atoms with E-state index < -0.39 is 37.9 Å². The molecule has 0 aromatic carbocycles. The van der Waals surface area contributed by atoms with Gasteiger partial charge in [0.1, 0.15) is 12.0 Å². The third-order valence-electron chi connectivity index (χ3n) is 3.19. The number of fused-ring (bicyclic) bond motifs is 1. The molecule has 0 saturated heterocycles. The van der Waals surface area contributed by atoms with Crippen LogP contribution >= 0.6 is 0 Å². The number of hydrogen-bond donors (Lipinski definition) is 3. The van der Waals surface area contributed by atoms with Crippen molar-refractivity contribution in [3.63, 3.8) is 0 Å². The largest absolute Gasteiger partial charge is 0.464 e. The van der Waals surface area contributed by atoms with Crippen molar-refractivity contribution in [3.05, 3.63) is 35.6 Å². The minimum absolute atomic E-state index is 0.0967. The van der Waals surface area contributed by atoms with Gasteiger partial charge in [-0.25, -0.2) is 0 Å². The highest BCUT2D eigenvalue weighted by Crippen LogP contribution is 2.32. The highest BCUT2D eigenvalue weighted by Gasteiger charge is 2.27. The van der Waals surface area contributed by atoms with Crippen LogP contribution in [0.25, 0.3) is 11.3 Å². The quantitative estimate of drug-likeness (QED) is 0.526. The van der Waals surface area contributed by atoms with Crippen LogP contribution in [0.5, 0.6) is 0 Å². The molecule has 1 aliphatic carbocycles. The Morgan fingerprint density at radius 1 is 1.42 bits per heavy atom. The summed E-state index contributed by atoms with van der Waals surface area (Å²) in [5, 5.41) is 20.2. The number of ether oxygens (including phenoxy) is 1. The number of halogens is 3. The van der Waals surface area contributed by atoms with Crippen molar-refractivity contribution in [2.45, 2.75) is 25.4 Å². The van der Waals surface area contributed by atoms with Crippen molar-refractivity contribution in [1.29, 1.82) is 0 Å². The summed E-state index contributed by atoms with van der Waals surface area (Å²) in [6.07, 6.45) is -5.52. The molecule has 6 nitrogen and oxygen atoms in total. The van der Waals surface area contributed by atoms with Crippen LogP contribution in [0.15, 0.2) is 28.9 Å². The van der Waals surface area contributed by atoms with Crippen LogP contribution in [-0.4, -0.2) is 41.7 Å². The fourth-order valence-electron chi connectivity index (χ4n) is 2.10. The molecule has 0 fully saturated rings. The maximum absolute atomic E-state index is 12.2. The molecule has 1 unspecified atom stereocenters. The van der Waals surface area contributed by atoms with Gasteiger partial charge in [-0.15, -0.1) is 0 Å². The van der Waals surface area contributed by atoms with Crippen LogP contribution in [0.4, 0.5) is 13.2 Å². The molecule has 24 heavy (non-hydrogen) atoms. The molecule has 9 heteroatoms. The third-order valence-corrected chi connectivity index (χ3v) is 3.19. The van der Waals surface area contributed by atoms with E-state index in [1.807, 2.05) is 0 Å². The van der Waals surface area contributed by atoms with Crippen molar-refractivity contribution in [2.75, 3.05) is 13.2 Å². The summed E-state index contributed by atoms with van der Waals surface area (Å²) in [6.45, 7) is -1.48. The summed E-state index contributed by atoms with van der Waals surface area (Å²) < 4.78 is 46.8. The Morgan fingerprint density at radius 3 is 2.83 bits per heavy atom. The Bertz CT molecular complexity index is 655. The molecule has 3 N–H and O–H groups in total. The molecule has 0 radical (unpaired) electrons. The van der Waals surface area contributed by atoms with Crippen LogP contribution in [-0.2, 0) is 11.3 Å². The number of rotatable bonds is 7. The summed E-state index contributed by atoms with van der Waals surface area (Å²) in [5.41, 5.74) is 0.936. The molecule has 2 rings (SSSR count). The zero-order valence-corrected chi connectivity index (χ0v) is 12.5. The molecule has 1 aliphatic heterocycles. The van der Waals surface area contributed by atoms with Gasteiger partial charge in [-0.2, -0.15) is 13.2 Å². The van der Waals surface area contributed by atoms with E-state index in [2.05, 4.69) is 5.32 Å². The molecular formula is C15H16F3NO5. The summed E-state index contributed by atoms with van der Waals surface area (Å²) in [6, 6.07) is 4.74. The maximum Gasteiger partial charge on any atom is 0.391 e. The van der Waals surface area contributed by atoms with Gasteiger partial charge < -0.3 is 24.7 Å². The first-order valence-electron chi connectivity index (χ1n) is 7.05. The van der Waals surface area contributed by atoms with Gasteiger partial charge in [0.05, 0.1) is 32.5 Å². The molecular weight excluding hydrogens is 331 g/mol. The number of alkyl halides is 3. The first kappa shape index (κ1) is 18.2. The van der Waals surface area contributed by atoms with Crippen molar-refractivity contribution >= 4 is 5.91 Å². The number of amides is 1. The topological polar surface area (TPSA) is 91.9 Å². The second kappa shape index (κ2) is 7.65. The Morgan fingerprint density at radius 2 is 2.17 bits per heavy atom. The van der Waals surface area contributed by atoms with E-state index in [4.69, 9.17) is 14.3 Å². The molecule has 0 aromatic rings. The van der Waals surface area contributed by atoms with E-state index in [-0.39, 0.29) is 17.7 Å². The molecule has 0 aromatic heterocycles. The van der Waals surface area contributed by atoms with Gasteiger partial charge in [-0.05, 0) is 18.2 Å². The van der Waals surface area contributed by atoms with E-state index in [1.165, 1.54) is 12.3 Å². The monoisotopic (exact) mass is 347 g/mol. The Kier molecular flexibility index (Phi) is 5.81. The summed E-state index contributed by atoms with van der Waals surface area (Å²) in [5.74, 6) is -0.384. The Hall–Kier alpha value is -2.10. The zero-order chi connectivity index (χ0) is 17.7. The second-order valence-electron chi connectivity index (χ2n) is 5.02. The fraction of sp³-hybridized carbons (Fsp3) is 0.400. The minimum atomic E-state index is -4.33. The van der Waals surface area contributed by atoms with Gasteiger partial charge >= 0.3 is 6.18 Å². The average Bonchev–Trinajstić information content (AvgIpc) is 2.89. The lowest BCUT2D eigenvalue weighted by Crippen LogP contribution is -2.37. The van der Waals surface area contributed by atoms with E-state index in [0.29, 0.717) is 11.3 Å². The minimum Gasteiger partial charge on any atom is -0.464 e. The maximum atomic E-state index is 12.2. The first-order valence-corrected chi connectivity index (χ1v) is 7.05. The SMILES string of the molecule is O=C(NC(O)CO)c1cc2cccoc-2c1COCCC(F)(F)F. The first-order chi connectivity index (χ1) is 11.3. The van der Waals surface area contributed by atoms with Crippen molar-refractivity contribution in [2.24, 2.45) is 0 Å². The van der Waals surface area contributed by atoms with Crippen LogP contribution in [0, 0.1) is 0 Å². The number of carbonyl (C=O) groups is 1. The molecule has 0 saturated carbocycles. The number of aliphatic hydroxyl groups is 2. The lowest BCUT2D eigenvalue weighted by Gasteiger charge is -2.11. The zero-order valence-electron chi connectivity index (χ0n) is 12.5. The predicted octanol–water partition coefficient (Wildman–Crippen LogP) is 1.89. The van der Waals surface area contributed by atoms with Crippen molar-refractivity contribution in [1.82, 2.24) is 5.32 Å². The third kappa shape index (κ3) is 4.70. The van der Waals surface area contributed by atoms with E-state index in [9.17, 15) is 23.1 Å². The standard InChI is InChI=1S/C15H16F3NO5/c16-15(17,18)3-5-23-8-11-10(14(22)19-12(21)7-20)6-9-2-1-4-24-13(9)11/h1-2,4,6,12,20-21H,3,5,7-8H2,(H,19,22). The van der Waals surface area contributed by atoms with Crippen molar-refractivity contribution < 1.29 is 37.3 Å². The number of carbonyl (C=O) groups excluding carboxylic acids is 1. The van der Waals surface area contributed by atoms with Gasteiger partial charge in [0.25, 0.3) is 5.91 Å². The molecule has 132 valence electrons. The highest BCUT2D eigenvalue weighted by atomic mass is 19.4. The van der Waals surface area contributed by atoms with Crippen LogP contribution in [0.1, 0.15) is 22.3 Å². The molecule has 1 atom stereocenters. The summed E-state index contributed by atoms with van der Waals surface area (Å²) in [7, 11) is 0. The second-order valence-corrected chi connectivity index (χ2v) is 5.02. The molecule has 0 bridgehead atoms. The predicted molar refractivity (Wildman–Crippen MR) is 76.2 cm³/mol. The van der Waals surface area contributed by atoms with Crippen LogP contribution in [0.2, 0.25) is 0 Å². The molecule has 2 aliphatic rings. The smallest absolute Gasteiger partial charge is 0.391 e. The van der Waals surface area contributed by atoms with E-state index >= 15 is 0 Å². The van der Waals surface area contributed by atoms with Gasteiger partial charge in [0.15, 0.2) is 0 Å². The van der Waals surface area contributed by atoms with Crippen molar-refractivity contribution in [3.8, 4) is 11.3 Å². The summed E-state index contributed by atoms with van der Waals surface area (Å²) in [4.78, 5) is 12.1. The number of aliphatic hydroxyl groups excluding tert-OH is 2. The van der Waals surface area contributed by atoms with Gasteiger partial charge in [-0.3, -0.25) is 4.79 Å². The van der Waals surface area contributed by atoms with Gasteiger partial charge in [0, 0.05) is 16.7 Å². The number of nitrogens with one attached hydrogen (secondary N) is 1. The summed E-state index contributed by atoms with van der Waals surface area (Å²) >= 11 is 0. The Labute approximate surface area is 135 Å². The number of hydrogen-bond acceptors (Lipinski definition) is 5. The van der Waals surface area contributed by atoms with E-state index in [1.54, 1.807) is 12.1 Å². The normalized spacial score (nSPS) is 13.2. The fourth-order valence-corrected chi connectivity index (χ4v) is 2.10. The van der Waals surface area contributed by atoms with Gasteiger partial charge in [-0.1, -0.05) is 0 Å². The van der Waals surface area contributed by atoms with Gasteiger partial charge in [0.2, 0.25) is 0 Å².